The van der Waals surface area contributed by atoms with Crippen molar-refractivity contribution in [2.24, 2.45) is 10.4 Å². The molecule has 0 saturated carbocycles. The van der Waals surface area contributed by atoms with Crippen molar-refractivity contribution < 1.29 is 22.7 Å². The SMILES string of the molecule is C=C(NC)c1cc(C(F)(F)F)cc(CNc2ccc(F)nc2C(=C)O)c1NC(C)=NCCC(C)(C)CCC.CC. The van der Waals surface area contributed by atoms with E-state index in [2.05, 4.69) is 59.9 Å². The number of benzene rings is 1. The second-order valence-corrected chi connectivity index (χ2v) is 9.87. The molecule has 4 N–H and O–H groups in total. The number of halogens is 4. The standard InChI is InChI=1S/C28H37F4N5O.C2H6/c1-8-11-27(5,6)12-13-34-19(4)36-26-20(14-21(28(30,31)32)15-22(26)17(2)33-7)16-35-23-9-10-24(29)37-25(23)18(3)38;1-2/h9-10,14-15,33,35,38H,2-3,8,11-13,16H2,1,4-7H3,(H,34,36);1-2H3. The molecule has 0 saturated heterocycles. The van der Waals surface area contributed by atoms with Crippen molar-refractivity contribution in [3.63, 3.8) is 0 Å². The highest BCUT2D eigenvalue weighted by Gasteiger charge is 2.32. The molecule has 1 aromatic carbocycles. The van der Waals surface area contributed by atoms with Crippen molar-refractivity contribution in [1.29, 1.82) is 0 Å². The molecular formula is C30H43F4N5O. The molecule has 0 atom stereocenters. The number of hydrogen-bond donors (Lipinski definition) is 4. The number of rotatable bonds is 12. The highest BCUT2D eigenvalue weighted by Crippen LogP contribution is 2.37. The molecule has 2 rings (SSSR count). The Morgan fingerprint density at radius 3 is 2.30 bits per heavy atom. The van der Waals surface area contributed by atoms with Gasteiger partial charge in [0, 0.05) is 31.4 Å². The maximum atomic E-state index is 13.8. The molecule has 0 amide bonds. The van der Waals surface area contributed by atoms with Crippen LogP contribution in [0.3, 0.4) is 0 Å². The smallest absolute Gasteiger partial charge is 0.416 e. The molecule has 0 fully saturated rings. The molecule has 1 aromatic heterocycles. The van der Waals surface area contributed by atoms with Crippen molar-refractivity contribution >= 4 is 28.7 Å². The lowest BCUT2D eigenvalue weighted by molar-refractivity contribution is -0.137. The zero-order chi connectivity index (χ0) is 30.7. The third kappa shape index (κ3) is 10.2. The summed E-state index contributed by atoms with van der Waals surface area (Å²) in [4.78, 5) is 8.23. The van der Waals surface area contributed by atoms with E-state index >= 15 is 0 Å². The molecule has 10 heteroatoms. The molecule has 222 valence electrons. The van der Waals surface area contributed by atoms with Crippen molar-refractivity contribution in [2.45, 2.75) is 73.5 Å². The minimum atomic E-state index is -4.61. The van der Waals surface area contributed by atoms with E-state index in [0.717, 1.165) is 37.5 Å². The van der Waals surface area contributed by atoms with Gasteiger partial charge in [-0.15, -0.1) is 0 Å². The number of anilines is 2. The first kappa shape index (κ1) is 34.5. The van der Waals surface area contributed by atoms with Gasteiger partial charge in [0.25, 0.3) is 0 Å². The average molecular weight is 566 g/mol. The summed E-state index contributed by atoms with van der Waals surface area (Å²) in [5, 5.41) is 18.8. The van der Waals surface area contributed by atoms with Gasteiger partial charge in [-0.05, 0) is 55.0 Å². The van der Waals surface area contributed by atoms with Crippen molar-refractivity contribution in [3.05, 3.63) is 65.8 Å². The fourth-order valence-electron chi connectivity index (χ4n) is 4.06. The Labute approximate surface area is 235 Å². The van der Waals surface area contributed by atoms with E-state index in [4.69, 9.17) is 0 Å². The predicted octanol–water partition coefficient (Wildman–Crippen LogP) is 8.64. The van der Waals surface area contributed by atoms with Gasteiger partial charge in [0.15, 0.2) is 0 Å². The predicted molar refractivity (Wildman–Crippen MR) is 159 cm³/mol. The molecule has 40 heavy (non-hydrogen) atoms. The van der Waals surface area contributed by atoms with Crippen molar-refractivity contribution in [3.8, 4) is 0 Å². The van der Waals surface area contributed by atoms with Gasteiger partial charge in [-0.1, -0.05) is 54.2 Å². The number of aromatic nitrogens is 1. The Morgan fingerprint density at radius 1 is 1.10 bits per heavy atom. The van der Waals surface area contributed by atoms with Crippen molar-refractivity contribution in [1.82, 2.24) is 10.3 Å². The van der Waals surface area contributed by atoms with Crippen LogP contribution in [0.2, 0.25) is 0 Å². The van der Waals surface area contributed by atoms with Crippen LogP contribution in [0.15, 0.2) is 42.4 Å². The van der Waals surface area contributed by atoms with E-state index in [-0.39, 0.29) is 40.2 Å². The lowest BCUT2D eigenvalue weighted by Gasteiger charge is -2.23. The van der Waals surface area contributed by atoms with E-state index in [1.165, 1.54) is 6.07 Å². The minimum absolute atomic E-state index is 0.110. The van der Waals surface area contributed by atoms with Gasteiger partial charge in [0.05, 0.1) is 22.8 Å². The Balaban J connectivity index is 0.00000391. The monoisotopic (exact) mass is 565 g/mol. The number of nitrogens with one attached hydrogen (secondary N) is 3. The van der Waals surface area contributed by atoms with Crippen LogP contribution in [-0.4, -0.2) is 29.5 Å². The number of hydrogen-bond acceptors (Lipinski definition) is 5. The van der Waals surface area contributed by atoms with E-state index in [9.17, 15) is 22.7 Å². The first-order valence-corrected chi connectivity index (χ1v) is 13.4. The molecule has 2 aromatic rings. The summed E-state index contributed by atoms with van der Waals surface area (Å²) < 4.78 is 55.1. The Kier molecular flexibility index (Phi) is 13.2. The molecule has 0 bridgehead atoms. The van der Waals surface area contributed by atoms with Crippen LogP contribution in [0.1, 0.15) is 83.2 Å². The highest BCUT2D eigenvalue weighted by molar-refractivity contribution is 5.97. The van der Waals surface area contributed by atoms with Crippen LogP contribution in [0.5, 0.6) is 0 Å². The molecule has 6 nitrogen and oxygen atoms in total. The normalized spacial score (nSPS) is 11.8. The second kappa shape index (κ2) is 15.3. The Bertz CT molecular complexity index is 1190. The number of aliphatic imine (C=N–C) groups is 1. The Morgan fingerprint density at radius 2 is 1.75 bits per heavy atom. The van der Waals surface area contributed by atoms with Gasteiger partial charge < -0.3 is 21.1 Å². The van der Waals surface area contributed by atoms with Crippen LogP contribution in [-0.2, 0) is 12.7 Å². The third-order valence-electron chi connectivity index (χ3n) is 6.15. The van der Waals surface area contributed by atoms with Gasteiger partial charge in [-0.3, -0.25) is 4.99 Å². The zero-order valence-corrected chi connectivity index (χ0v) is 24.6. The van der Waals surface area contributed by atoms with Crippen LogP contribution in [0.4, 0.5) is 28.9 Å². The zero-order valence-electron chi connectivity index (χ0n) is 24.6. The van der Waals surface area contributed by atoms with Gasteiger partial charge in [0.2, 0.25) is 5.95 Å². The van der Waals surface area contributed by atoms with E-state index < -0.39 is 23.4 Å². The molecule has 0 aliphatic rings. The van der Waals surface area contributed by atoms with Crippen molar-refractivity contribution in [2.75, 3.05) is 24.2 Å². The molecule has 0 aliphatic heterocycles. The minimum Gasteiger partial charge on any atom is -0.506 e. The van der Waals surface area contributed by atoms with Crippen LogP contribution < -0.4 is 16.0 Å². The second-order valence-electron chi connectivity index (χ2n) is 9.87. The third-order valence-corrected chi connectivity index (χ3v) is 6.15. The molecule has 1 heterocycles. The lowest BCUT2D eigenvalue weighted by Crippen LogP contribution is -2.19. The molecular weight excluding hydrogens is 522 g/mol. The highest BCUT2D eigenvalue weighted by atomic mass is 19.4. The summed E-state index contributed by atoms with van der Waals surface area (Å²) in [6.45, 7) is 20.0. The van der Waals surface area contributed by atoms with Gasteiger partial charge in [-0.25, -0.2) is 4.98 Å². The number of nitrogens with zero attached hydrogens (tertiary/aromatic N) is 2. The van der Waals surface area contributed by atoms with Crippen LogP contribution >= 0.6 is 0 Å². The fraction of sp³-hybridized carbons (Fsp3) is 0.467. The fourth-order valence-corrected chi connectivity index (χ4v) is 4.06. The largest absolute Gasteiger partial charge is 0.506 e. The average Bonchev–Trinajstić information content (AvgIpc) is 2.88. The summed E-state index contributed by atoms with van der Waals surface area (Å²) in [5.41, 5.74) is 0.494. The number of pyridine rings is 1. The van der Waals surface area contributed by atoms with E-state index in [1.807, 2.05) is 13.8 Å². The lowest BCUT2D eigenvalue weighted by atomic mass is 9.85. The van der Waals surface area contributed by atoms with Gasteiger partial charge in [0.1, 0.15) is 11.5 Å². The number of aliphatic hydroxyl groups excluding tert-OH is 1. The first-order valence-electron chi connectivity index (χ1n) is 13.4. The maximum absolute atomic E-state index is 13.8. The Hall–Kier alpha value is -3.56. The number of amidine groups is 1. The molecule has 0 aliphatic carbocycles. The maximum Gasteiger partial charge on any atom is 0.416 e. The van der Waals surface area contributed by atoms with Crippen LogP contribution in [0, 0.1) is 11.4 Å². The quantitative estimate of drug-likeness (QED) is 0.0681. The van der Waals surface area contributed by atoms with E-state index in [0.29, 0.717) is 18.1 Å². The molecule has 0 unspecified atom stereocenters. The molecule has 0 radical (unpaired) electrons. The number of alkyl halides is 3. The summed E-state index contributed by atoms with van der Waals surface area (Å²) in [7, 11) is 1.57. The summed E-state index contributed by atoms with van der Waals surface area (Å²) in [6, 6.07) is 4.47. The summed E-state index contributed by atoms with van der Waals surface area (Å²) >= 11 is 0. The first-order chi connectivity index (χ1) is 18.7. The van der Waals surface area contributed by atoms with Gasteiger partial charge >= 0.3 is 6.18 Å². The topological polar surface area (TPSA) is 81.6 Å². The van der Waals surface area contributed by atoms with Crippen LogP contribution in [0.25, 0.3) is 11.5 Å². The van der Waals surface area contributed by atoms with E-state index in [1.54, 1.807) is 14.0 Å². The summed E-state index contributed by atoms with van der Waals surface area (Å²) in [6.07, 6.45) is -1.61. The summed E-state index contributed by atoms with van der Waals surface area (Å²) in [5.74, 6) is -0.771. The number of aliphatic hydroxyl groups is 1. The molecule has 0 spiro atoms. The van der Waals surface area contributed by atoms with Gasteiger partial charge in [-0.2, -0.15) is 17.6 Å².